The Kier molecular flexibility index (Phi) is 4.46. The number of rotatable bonds is 3. The number of nitrogens with zero attached hydrogens (tertiary/aromatic N) is 2. The molecule has 0 fully saturated rings. The molecule has 1 N–H and O–H groups in total. The van der Waals surface area contributed by atoms with Crippen LogP contribution in [0.15, 0.2) is 24.3 Å². The van der Waals surface area contributed by atoms with Gasteiger partial charge >= 0.3 is 6.18 Å². The van der Waals surface area contributed by atoms with Gasteiger partial charge < -0.3 is 5.32 Å². The molecular weight excluding hydrogens is 335 g/mol. The molecule has 1 heterocycles. The lowest BCUT2D eigenvalue weighted by Gasteiger charge is -2.06. The number of benzene rings is 1. The van der Waals surface area contributed by atoms with Gasteiger partial charge in [0.1, 0.15) is 10.7 Å². The number of halogens is 4. The molecule has 0 bridgehead atoms. The number of aryl methyl sites for hydroxylation is 1. The Morgan fingerprint density at radius 1 is 1.22 bits per heavy atom. The lowest BCUT2D eigenvalue weighted by molar-refractivity contribution is -0.141. The highest BCUT2D eigenvalue weighted by molar-refractivity contribution is 6.34. The Bertz CT molecular complexity index is 767. The quantitative estimate of drug-likeness (QED) is 0.865. The van der Waals surface area contributed by atoms with Crippen LogP contribution >= 0.6 is 11.6 Å². The minimum absolute atomic E-state index is 0.146. The first-order chi connectivity index (χ1) is 10.6. The van der Waals surface area contributed by atoms with Crippen molar-refractivity contribution in [2.24, 2.45) is 7.05 Å². The van der Waals surface area contributed by atoms with Gasteiger partial charge in [-0.25, -0.2) is 0 Å². The Morgan fingerprint density at radius 3 is 2.22 bits per heavy atom. The highest BCUT2D eigenvalue weighted by Crippen LogP contribution is 2.35. The number of amides is 1. The number of anilines is 1. The molecule has 0 aliphatic heterocycles. The van der Waals surface area contributed by atoms with E-state index < -0.39 is 28.5 Å². The second kappa shape index (κ2) is 6.04. The number of aromatic nitrogens is 2. The van der Waals surface area contributed by atoms with E-state index in [2.05, 4.69) is 10.4 Å². The average Bonchev–Trinajstić information content (AvgIpc) is 2.74. The molecule has 0 unspecified atom stereocenters. The summed E-state index contributed by atoms with van der Waals surface area (Å²) >= 11 is 5.63. The number of carbonyl (C=O) groups is 2. The van der Waals surface area contributed by atoms with Crippen molar-refractivity contribution < 1.29 is 22.8 Å². The molecule has 1 aromatic heterocycles. The number of carbonyl (C=O) groups excluding carboxylic acids is 2. The maximum Gasteiger partial charge on any atom is 0.436 e. The SMILES string of the molecule is CC(=O)c1ccc(NC(=O)c2c(Cl)c(C(F)(F)F)nn2C)cc1. The Morgan fingerprint density at radius 2 is 1.78 bits per heavy atom. The molecule has 0 saturated carbocycles. The second-order valence-electron chi connectivity index (χ2n) is 4.72. The predicted octanol–water partition coefficient (Wildman–Crippen LogP) is 3.55. The topological polar surface area (TPSA) is 64.0 Å². The zero-order valence-electron chi connectivity index (χ0n) is 12.0. The maximum atomic E-state index is 12.7. The smallest absolute Gasteiger partial charge is 0.321 e. The molecule has 1 amide bonds. The van der Waals surface area contributed by atoms with E-state index in [0.717, 1.165) is 4.68 Å². The summed E-state index contributed by atoms with van der Waals surface area (Å²) in [6, 6.07) is 5.90. The Balaban J connectivity index is 2.28. The second-order valence-corrected chi connectivity index (χ2v) is 5.10. The summed E-state index contributed by atoms with van der Waals surface area (Å²) in [5.41, 5.74) is -0.972. The first-order valence-corrected chi connectivity index (χ1v) is 6.71. The third-order valence-corrected chi connectivity index (χ3v) is 3.38. The van der Waals surface area contributed by atoms with Crippen LogP contribution in [0.1, 0.15) is 33.5 Å². The van der Waals surface area contributed by atoms with Crippen LogP contribution in [0.4, 0.5) is 18.9 Å². The first-order valence-electron chi connectivity index (χ1n) is 6.33. The van der Waals surface area contributed by atoms with Crippen LogP contribution in [0.3, 0.4) is 0 Å². The maximum absolute atomic E-state index is 12.7. The molecular formula is C14H11ClF3N3O2. The van der Waals surface area contributed by atoms with Crippen molar-refractivity contribution in [3.63, 3.8) is 0 Å². The molecule has 0 spiro atoms. The van der Waals surface area contributed by atoms with Gasteiger partial charge in [0.2, 0.25) is 0 Å². The molecule has 5 nitrogen and oxygen atoms in total. The number of nitrogens with one attached hydrogen (secondary N) is 1. The van der Waals surface area contributed by atoms with Crippen LogP contribution in [0.5, 0.6) is 0 Å². The van der Waals surface area contributed by atoms with Crippen molar-refractivity contribution >= 4 is 29.0 Å². The van der Waals surface area contributed by atoms with Gasteiger partial charge in [0.15, 0.2) is 11.5 Å². The van der Waals surface area contributed by atoms with Crippen LogP contribution in [0.25, 0.3) is 0 Å². The molecule has 0 radical (unpaired) electrons. The monoisotopic (exact) mass is 345 g/mol. The van der Waals surface area contributed by atoms with Crippen molar-refractivity contribution in [3.8, 4) is 0 Å². The fraction of sp³-hybridized carbons (Fsp3) is 0.214. The Hall–Kier alpha value is -2.35. The number of hydrogen-bond acceptors (Lipinski definition) is 3. The highest BCUT2D eigenvalue weighted by Gasteiger charge is 2.39. The van der Waals surface area contributed by atoms with Crippen LogP contribution < -0.4 is 5.32 Å². The molecule has 1 aromatic carbocycles. The van der Waals surface area contributed by atoms with Crippen molar-refractivity contribution in [1.29, 1.82) is 0 Å². The molecule has 0 aliphatic carbocycles. The Labute approximate surface area is 134 Å². The van der Waals surface area contributed by atoms with Gasteiger partial charge in [-0.1, -0.05) is 11.6 Å². The van der Waals surface area contributed by atoms with Crippen LogP contribution in [0, 0.1) is 0 Å². The van der Waals surface area contributed by atoms with Crippen molar-refractivity contribution in [2.75, 3.05) is 5.32 Å². The number of ketones is 1. The van der Waals surface area contributed by atoms with E-state index in [9.17, 15) is 22.8 Å². The summed E-state index contributed by atoms with van der Waals surface area (Å²) < 4.78 is 39.0. The van der Waals surface area contributed by atoms with E-state index in [4.69, 9.17) is 11.6 Å². The molecule has 0 atom stereocenters. The summed E-state index contributed by atoms with van der Waals surface area (Å²) in [5, 5.41) is 4.88. The van der Waals surface area contributed by atoms with Gasteiger partial charge in [0.05, 0.1) is 0 Å². The minimum atomic E-state index is -4.75. The summed E-state index contributed by atoms with van der Waals surface area (Å²) in [7, 11) is 1.19. The van der Waals surface area contributed by atoms with Crippen LogP contribution in [0.2, 0.25) is 5.02 Å². The zero-order chi connectivity index (χ0) is 17.4. The van der Waals surface area contributed by atoms with E-state index in [0.29, 0.717) is 11.3 Å². The summed E-state index contributed by atoms with van der Waals surface area (Å²) in [6.07, 6.45) is -4.75. The fourth-order valence-electron chi connectivity index (χ4n) is 1.90. The number of alkyl halides is 3. The minimum Gasteiger partial charge on any atom is -0.321 e. The molecule has 0 saturated heterocycles. The zero-order valence-corrected chi connectivity index (χ0v) is 12.8. The van der Waals surface area contributed by atoms with Gasteiger partial charge in [0, 0.05) is 18.3 Å². The summed E-state index contributed by atoms with van der Waals surface area (Å²) in [5.74, 6) is -0.983. The molecule has 0 aliphatic rings. The van der Waals surface area contributed by atoms with E-state index in [1.165, 1.54) is 38.2 Å². The van der Waals surface area contributed by atoms with E-state index in [-0.39, 0.29) is 5.78 Å². The molecule has 2 rings (SSSR count). The van der Waals surface area contributed by atoms with Gasteiger partial charge in [-0.3, -0.25) is 14.3 Å². The molecule has 9 heteroatoms. The molecule has 122 valence electrons. The van der Waals surface area contributed by atoms with Crippen LogP contribution in [-0.2, 0) is 13.2 Å². The van der Waals surface area contributed by atoms with E-state index in [1.807, 2.05) is 0 Å². The van der Waals surface area contributed by atoms with Crippen molar-refractivity contribution in [1.82, 2.24) is 9.78 Å². The van der Waals surface area contributed by atoms with Crippen molar-refractivity contribution in [3.05, 3.63) is 46.2 Å². The standard InChI is InChI=1S/C14H11ClF3N3O2/c1-7(22)8-3-5-9(6-4-8)19-13(23)11-10(15)12(14(16,17)18)20-21(11)2/h3-6H,1-2H3,(H,19,23). The van der Waals surface area contributed by atoms with Gasteiger partial charge in [-0.05, 0) is 31.2 Å². The van der Waals surface area contributed by atoms with E-state index in [1.54, 1.807) is 0 Å². The molecule has 23 heavy (non-hydrogen) atoms. The normalized spacial score (nSPS) is 11.4. The lowest BCUT2D eigenvalue weighted by atomic mass is 10.1. The first kappa shape index (κ1) is 17.0. The lowest BCUT2D eigenvalue weighted by Crippen LogP contribution is -2.16. The largest absolute Gasteiger partial charge is 0.436 e. The van der Waals surface area contributed by atoms with Gasteiger partial charge in [-0.2, -0.15) is 18.3 Å². The average molecular weight is 346 g/mol. The third kappa shape index (κ3) is 3.53. The van der Waals surface area contributed by atoms with Gasteiger partial charge in [0.25, 0.3) is 5.91 Å². The number of Topliss-reactive ketones (excluding diaryl/α,β-unsaturated/α-hetero) is 1. The molecule has 2 aromatic rings. The summed E-state index contributed by atoms with van der Waals surface area (Å²) in [6.45, 7) is 1.39. The summed E-state index contributed by atoms with van der Waals surface area (Å²) in [4.78, 5) is 23.3. The van der Waals surface area contributed by atoms with Crippen molar-refractivity contribution in [2.45, 2.75) is 13.1 Å². The fourth-order valence-corrected chi connectivity index (χ4v) is 2.26. The highest BCUT2D eigenvalue weighted by atomic mass is 35.5. The van der Waals surface area contributed by atoms with Crippen LogP contribution in [-0.4, -0.2) is 21.5 Å². The van der Waals surface area contributed by atoms with E-state index >= 15 is 0 Å². The van der Waals surface area contributed by atoms with Gasteiger partial charge in [-0.15, -0.1) is 0 Å². The third-order valence-electron chi connectivity index (χ3n) is 3.02. The predicted molar refractivity (Wildman–Crippen MR) is 77.6 cm³/mol. The number of hydrogen-bond donors (Lipinski definition) is 1.